The Morgan fingerprint density at radius 3 is 2.83 bits per heavy atom. The Hall–Kier alpha value is -1.45. The smallest absolute Gasteiger partial charge is 0.354 e. The number of rotatable bonds is 2. The summed E-state index contributed by atoms with van der Waals surface area (Å²) in [4.78, 5) is 14.1. The minimum atomic E-state index is -1.20. The third-order valence-electron chi connectivity index (χ3n) is 1.42. The molecule has 0 aliphatic rings. The van der Waals surface area contributed by atoms with Gasteiger partial charge in [-0.15, -0.1) is 0 Å². The van der Waals surface area contributed by atoms with Crippen LogP contribution in [-0.4, -0.2) is 16.1 Å². The van der Waals surface area contributed by atoms with Crippen molar-refractivity contribution < 1.29 is 14.3 Å². The lowest BCUT2D eigenvalue weighted by Crippen LogP contribution is -2.03. The Kier molecular flexibility index (Phi) is 2.38. The van der Waals surface area contributed by atoms with E-state index in [9.17, 15) is 9.18 Å². The Morgan fingerprint density at radius 1 is 1.67 bits per heavy atom. The number of hydrogen-bond acceptors (Lipinski definition) is 2. The van der Waals surface area contributed by atoms with E-state index in [4.69, 9.17) is 5.11 Å². The van der Waals surface area contributed by atoms with Crippen molar-refractivity contribution in [2.24, 2.45) is 0 Å². The Morgan fingerprint density at radius 2 is 2.33 bits per heavy atom. The van der Waals surface area contributed by atoms with Crippen LogP contribution in [0.4, 0.5) is 4.39 Å². The summed E-state index contributed by atoms with van der Waals surface area (Å²) in [6, 6.07) is 2.13. The molecule has 3 nitrogen and oxygen atoms in total. The molecular weight excluding hydrogens is 161 g/mol. The van der Waals surface area contributed by atoms with Gasteiger partial charge in [0.2, 0.25) is 0 Å². The average molecular weight is 169 g/mol. The molecule has 0 unspecified atom stereocenters. The summed E-state index contributed by atoms with van der Waals surface area (Å²) in [6.07, 6.45) is 0.526. The molecular formula is C8H8FNO2. The van der Waals surface area contributed by atoms with E-state index >= 15 is 0 Å². The number of carbonyl (C=O) groups is 1. The highest BCUT2D eigenvalue weighted by molar-refractivity contribution is 5.85. The van der Waals surface area contributed by atoms with Gasteiger partial charge in [-0.3, -0.25) is 0 Å². The molecule has 64 valence electrons. The molecule has 0 spiro atoms. The minimum Gasteiger partial charge on any atom is -0.477 e. The zero-order chi connectivity index (χ0) is 9.14. The summed E-state index contributed by atoms with van der Waals surface area (Å²) in [5.41, 5.74) is 0.208. The fourth-order valence-corrected chi connectivity index (χ4v) is 0.841. The van der Waals surface area contributed by atoms with E-state index in [0.29, 0.717) is 12.1 Å². The molecule has 0 saturated carbocycles. The second kappa shape index (κ2) is 3.30. The Labute approximate surface area is 68.9 Å². The van der Waals surface area contributed by atoms with Crippen LogP contribution in [0.25, 0.3) is 0 Å². The second-order valence-electron chi connectivity index (χ2n) is 2.32. The molecule has 4 heteroatoms. The van der Waals surface area contributed by atoms with Crippen LogP contribution in [-0.2, 0) is 6.42 Å². The van der Waals surface area contributed by atoms with Gasteiger partial charge in [-0.25, -0.2) is 14.2 Å². The first-order valence-electron chi connectivity index (χ1n) is 3.53. The van der Waals surface area contributed by atoms with E-state index in [1.165, 1.54) is 6.07 Å². The highest BCUT2D eigenvalue weighted by Gasteiger charge is 2.07. The highest BCUT2D eigenvalue weighted by atomic mass is 19.1. The van der Waals surface area contributed by atoms with Crippen molar-refractivity contribution in [3.8, 4) is 0 Å². The topological polar surface area (TPSA) is 50.2 Å². The van der Waals surface area contributed by atoms with Crippen LogP contribution >= 0.6 is 0 Å². The van der Waals surface area contributed by atoms with Gasteiger partial charge in [0.1, 0.15) is 5.82 Å². The molecule has 0 aromatic carbocycles. The largest absolute Gasteiger partial charge is 0.477 e. The first kappa shape index (κ1) is 8.64. The van der Waals surface area contributed by atoms with E-state index in [1.807, 2.05) is 0 Å². The standard InChI is InChI=1S/C8H8FNO2/c1-2-6-3-5(9)4-7(10-6)8(11)12/h3-4H,2H2,1H3,(H,11,12). The lowest BCUT2D eigenvalue weighted by molar-refractivity contribution is 0.0689. The van der Waals surface area contributed by atoms with Crippen LogP contribution in [0.3, 0.4) is 0 Å². The van der Waals surface area contributed by atoms with Crippen LogP contribution in [0.1, 0.15) is 23.1 Å². The van der Waals surface area contributed by atoms with Gasteiger partial charge in [-0.2, -0.15) is 0 Å². The average Bonchev–Trinajstić information content (AvgIpc) is 2.03. The van der Waals surface area contributed by atoms with Crippen LogP contribution in [0.2, 0.25) is 0 Å². The van der Waals surface area contributed by atoms with E-state index in [2.05, 4.69) is 4.98 Å². The zero-order valence-electron chi connectivity index (χ0n) is 6.54. The van der Waals surface area contributed by atoms with Crippen molar-refractivity contribution in [2.45, 2.75) is 13.3 Å². The molecule has 12 heavy (non-hydrogen) atoms. The predicted octanol–water partition coefficient (Wildman–Crippen LogP) is 1.48. The maximum Gasteiger partial charge on any atom is 0.354 e. The molecule has 1 aromatic rings. The Bertz CT molecular complexity index is 312. The van der Waals surface area contributed by atoms with Crippen LogP contribution in [0, 0.1) is 5.82 Å². The van der Waals surface area contributed by atoms with E-state index in [1.54, 1.807) is 6.92 Å². The van der Waals surface area contributed by atoms with Crippen molar-refractivity contribution in [2.75, 3.05) is 0 Å². The van der Waals surface area contributed by atoms with E-state index in [-0.39, 0.29) is 5.69 Å². The van der Waals surface area contributed by atoms with Gasteiger partial charge >= 0.3 is 5.97 Å². The molecule has 0 fully saturated rings. The molecule has 0 radical (unpaired) electrons. The van der Waals surface area contributed by atoms with Gasteiger partial charge in [-0.05, 0) is 12.5 Å². The maximum atomic E-state index is 12.7. The van der Waals surface area contributed by atoms with Crippen LogP contribution in [0.15, 0.2) is 12.1 Å². The molecule has 1 rings (SSSR count). The fraction of sp³-hybridized carbons (Fsp3) is 0.250. The van der Waals surface area contributed by atoms with Crippen molar-refractivity contribution in [3.63, 3.8) is 0 Å². The summed E-state index contributed by atoms with van der Waals surface area (Å²) in [7, 11) is 0. The number of aromatic nitrogens is 1. The number of pyridine rings is 1. The van der Waals surface area contributed by atoms with Crippen molar-refractivity contribution in [3.05, 3.63) is 29.3 Å². The fourth-order valence-electron chi connectivity index (χ4n) is 0.841. The minimum absolute atomic E-state index is 0.244. The molecule has 0 atom stereocenters. The van der Waals surface area contributed by atoms with Crippen LogP contribution in [0.5, 0.6) is 0 Å². The molecule has 1 heterocycles. The number of carboxylic acid groups (broad SMARTS) is 1. The zero-order valence-corrected chi connectivity index (χ0v) is 6.54. The third kappa shape index (κ3) is 1.78. The first-order chi connectivity index (χ1) is 5.63. The van der Waals surface area contributed by atoms with E-state index in [0.717, 1.165) is 6.07 Å². The molecule has 1 aromatic heterocycles. The normalized spacial score (nSPS) is 9.83. The number of carboxylic acids is 1. The van der Waals surface area contributed by atoms with E-state index < -0.39 is 11.8 Å². The molecule has 0 amide bonds. The quantitative estimate of drug-likeness (QED) is 0.729. The van der Waals surface area contributed by atoms with Gasteiger partial charge in [0.25, 0.3) is 0 Å². The summed E-state index contributed by atoms with van der Waals surface area (Å²) in [5, 5.41) is 8.50. The maximum absolute atomic E-state index is 12.7. The molecule has 0 aliphatic carbocycles. The van der Waals surface area contributed by atoms with Gasteiger partial charge in [0, 0.05) is 11.8 Å². The number of aryl methyl sites for hydroxylation is 1. The van der Waals surface area contributed by atoms with Gasteiger partial charge in [0.05, 0.1) is 0 Å². The number of hydrogen-bond donors (Lipinski definition) is 1. The number of halogens is 1. The number of nitrogens with zero attached hydrogens (tertiary/aromatic N) is 1. The van der Waals surface area contributed by atoms with Crippen LogP contribution < -0.4 is 0 Å². The van der Waals surface area contributed by atoms with Gasteiger partial charge in [0.15, 0.2) is 5.69 Å². The van der Waals surface area contributed by atoms with Crippen molar-refractivity contribution in [1.29, 1.82) is 0 Å². The summed E-state index contributed by atoms with van der Waals surface area (Å²) < 4.78 is 12.7. The number of aromatic carboxylic acids is 1. The summed E-state index contributed by atoms with van der Waals surface area (Å²) in [5.74, 6) is -1.76. The van der Waals surface area contributed by atoms with Crippen molar-refractivity contribution >= 4 is 5.97 Å². The monoisotopic (exact) mass is 169 g/mol. The molecule has 0 bridgehead atoms. The summed E-state index contributed by atoms with van der Waals surface area (Å²) >= 11 is 0. The first-order valence-corrected chi connectivity index (χ1v) is 3.53. The SMILES string of the molecule is CCc1cc(F)cc(C(=O)O)n1. The van der Waals surface area contributed by atoms with Gasteiger partial charge in [-0.1, -0.05) is 6.92 Å². The molecule has 0 aliphatic heterocycles. The molecule has 0 saturated heterocycles. The summed E-state index contributed by atoms with van der Waals surface area (Å²) in [6.45, 7) is 1.79. The van der Waals surface area contributed by atoms with Gasteiger partial charge < -0.3 is 5.11 Å². The highest BCUT2D eigenvalue weighted by Crippen LogP contribution is 2.04. The Balaban J connectivity index is 3.15. The second-order valence-corrected chi connectivity index (χ2v) is 2.32. The van der Waals surface area contributed by atoms with Crippen molar-refractivity contribution in [1.82, 2.24) is 4.98 Å². The molecule has 1 N–H and O–H groups in total. The lowest BCUT2D eigenvalue weighted by Gasteiger charge is -1.98. The predicted molar refractivity (Wildman–Crippen MR) is 40.5 cm³/mol. The lowest BCUT2D eigenvalue weighted by atomic mass is 10.2. The third-order valence-corrected chi connectivity index (χ3v) is 1.42.